The minimum atomic E-state index is -3.59. The van der Waals surface area contributed by atoms with E-state index in [0.717, 1.165) is 41.8 Å². The monoisotopic (exact) mass is 359 g/mol. The Kier molecular flexibility index (Phi) is 5.04. The molecule has 0 fully saturated rings. The van der Waals surface area contributed by atoms with Crippen LogP contribution in [0.1, 0.15) is 37.8 Å². The number of anilines is 1. The highest BCUT2D eigenvalue weighted by Crippen LogP contribution is 2.37. The molecular weight excluding hydrogens is 334 g/mol. The largest absolute Gasteiger partial charge is 0.493 e. The summed E-state index contributed by atoms with van der Waals surface area (Å²) in [6.07, 6.45) is 2.80. The van der Waals surface area contributed by atoms with Crippen molar-refractivity contribution in [2.45, 2.75) is 51.0 Å². The Morgan fingerprint density at radius 3 is 2.68 bits per heavy atom. The molecule has 1 aliphatic heterocycles. The standard InChI is InChI=1S/C20H25NO3S/c1-4-5-12-24-20-11-10-18(13-15(20)2)25(22,23)21-16(3)14-17-8-6-7-9-19(17)21/h6-11,13,16H,4-5,12,14H2,1-3H3/t16-/m1/s1. The number of hydrogen-bond donors (Lipinski definition) is 0. The van der Waals surface area contributed by atoms with Crippen molar-refractivity contribution in [2.24, 2.45) is 0 Å². The predicted molar refractivity (Wildman–Crippen MR) is 101 cm³/mol. The second kappa shape index (κ2) is 7.08. The molecule has 0 amide bonds. The van der Waals surface area contributed by atoms with Crippen molar-refractivity contribution in [1.82, 2.24) is 0 Å². The van der Waals surface area contributed by atoms with Gasteiger partial charge in [0.1, 0.15) is 5.75 Å². The summed E-state index contributed by atoms with van der Waals surface area (Å²) in [5, 5.41) is 0. The summed E-state index contributed by atoms with van der Waals surface area (Å²) in [7, 11) is -3.59. The van der Waals surface area contributed by atoms with Gasteiger partial charge in [-0.05, 0) is 62.1 Å². The van der Waals surface area contributed by atoms with Gasteiger partial charge in [-0.2, -0.15) is 0 Å². The fourth-order valence-corrected chi connectivity index (χ4v) is 5.07. The normalized spacial score (nSPS) is 16.8. The highest BCUT2D eigenvalue weighted by atomic mass is 32.2. The zero-order chi connectivity index (χ0) is 18.0. The topological polar surface area (TPSA) is 46.6 Å². The molecule has 0 bridgehead atoms. The van der Waals surface area contributed by atoms with Gasteiger partial charge in [-0.3, -0.25) is 4.31 Å². The summed E-state index contributed by atoms with van der Waals surface area (Å²) < 4.78 is 33.7. The van der Waals surface area contributed by atoms with Crippen LogP contribution < -0.4 is 9.04 Å². The number of ether oxygens (including phenoxy) is 1. The van der Waals surface area contributed by atoms with Crippen LogP contribution in [0.3, 0.4) is 0 Å². The van der Waals surface area contributed by atoms with Crippen molar-refractivity contribution in [3.8, 4) is 5.75 Å². The highest BCUT2D eigenvalue weighted by Gasteiger charge is 2.35. The molecule has 0 saturated heterocycles. The maximum atomic E-state index is 13.2. The fraction of sp³-hybridized carbons (Fsp3) is 0.400. The van der Waals surface area contributed by atoms with E-state index in [1.807, 2.05) is 38.1 Å². The van der Waals surface area contributed by atoms with Crippen LogP contribution in [0.25, 0.3) is 0 Å². The van der Waals surface area contributed by atoms with Crippen LogP contribution in [-0.2, 0) is 16.4 Å². The van der Waals surface area contributed by atoms with Crippen molar-refractivity contribution < 1.29 is 13.2 Å². The molecule has 1 atom stereocenters. The molecule has 1 heterocycles. The first-order valence-electron chi connectivity index (χ1n) is 8.81. The van der Waals surface area contributed by atoms with Gasteiger partial charge in [0.25, 0.3) is 10.0 Å². The number of sulfonamides is 1. The van der Waals surface area contributed by atoms with Gasteiger partial charge in [-0.15, -0.1) is 0 Å². The van der Waals surface area contributed by atoms with E-state index in [2.05, 4.69) is 6.92 Å². The lowest BCUT2D eigenvalue weighted by molar-refractivity contribution is 0.307. The van der Waals surface area contributed by atoms with E-state index in [9.17, 15) is 8.42 Å². The molecule has 5 heteroatoms. The van der Waals surface area contributed by atoms with Crippen LogP contribution in [0.2, 0.25) is 0 Å². The van der Waals surface area contributed by atoms with Crippen molar-refractivity contribution in [3.05, 3.63) is 53.6 Å². The van der Waals surface area contributed by atoms with Crippen molar-refractivity contribution in [2.75, 3.05) is 10.9 Å². The molecular formula is C20H25NO3S. The minimum absolute atomic E-state index is 0.0804. The maximum absolute atomic E-state index is 13.2. The van der Waals surface area contributed by atoms with Gasteiger partial charge in [0.05, 0.1) is 17.2 Å². The summed E-state index contributed by atoms with van der Waals surface area (Å²) in [6, 6.07) is 12.8. The number of rotatable bonds is 6. The Morgan fingerprint density at radius 2 is 1.96 bits per heavy atom. The molecule has 1 aliphatic rings. The summed E-state index contributed by atoms with van der Waals surface area (Å²) >= 11 is 0. The van der Waals surface area contributed by atoms with Crippen molar-refractivity contribution in [1.29, 1.82) is 0 Å². The molecule has 2 aromatic rings. The third kappa shape index (κ3) is 3.38. The van der Waals surface area contributed by atoms with E-state index in [4.69, 9.17) is 4.74 Å². The first kappa shape index (κ1) is 17.8. The number of aryl methyl sites for hydroxylation is 1. The van der Waals surface area contributed by atoms with Gasteiger partial charge < -0.3 is 4.74 Å². The number of fused-ring (bicyclic) bond motifs is 1. The third-order valence-corrected chi connectivity index (χ3v) is 6.53. The molecule has 3 rings (SSSR count). The van der Waals surface area contributed by atoms with Gasteiger partial charge in [0, 0.05) is 6.04 Å². The summed E-state index contributed by atoms with van der Waals surface area (Å²) in [5.74, 6) is 0.752. The van der Waals surface area contributed by atoms with Crippen molar-refractivity contribution >= 4 is 15.7 Å². The molecule has 4 nitrogen and oxygen atoms in total. The number of para-hydroxylation sites is 1. The zero-order valence-corrected chi connectivity index (χ0v) is 15.8. The van der Waals surface area contributed by atoms with Crippen LogP contribution in [0.5, 0.6) is 5.75 Å². The van der Waals surface area contributed by atoms with E-state index in [-0.39, 0.29) is 6.04 Å². The Labute approximate surface area is 150 Å². The van der Waals surface area contributed by atoms with E-state index < -0.39 is 10.0 Å². The molecule has 0 radical (unpaired) electrons. The van der Waals surface area contributed by atoms with E-state index in [0.29, 0.717) is 11.5 Å². The fourth-order valence-electron chi connectivity index (χ4n) is 3.29. The lowest BCUT2D eigenvalue weighted by Gasteiger charge is -2.25. The lowest BCUT2D eigenvalue weighted by Crippen LogP contribution is -2.35. The molecule has 25 heavy (non-hydrogen) atoms. The Morgan fingerprint density at radius 1 is 1.20 bits per heavy atom. The quantitative estimate of drug-likeness (QED) is 0.722. The molecule has 0 spiro atoms. The molecule has 0 aromatic heterocycles. The molecule has 0 saturated carbocycles. The molecule has 0 unspecified atom stereocenters. The highest BCUT2D eigenvalue weighted by molar-refractivity contribution is 7.92. The minimum Gasteiger partial charge on any atom is -0.493 e. The average Bonchev–Trinajstić information content (AvgIpc) is 2.92. The number of nitrogens with zero attached hydrogens (tertiary/aromatic N) is 1. The second-order valence-corrected chi connectivity index (χ2v) is 8.43. The van der Waals surface area contributed by atoms with Crippen LogP contribution in [-0.4, -0.2) is 21.1 Å². The Balaban J connectivity index is 1.92. The van der Waals surface area contributed by atoms with Crippen LogP contribution in [0.4, 0.5) is 5.69 Å². The van der Waals surface area contributed by atoms with Gasteiger partial charge >= 0.3 is 0 Å². The number of benzene rings is 2. The Hall–Kier alpha value is -2.01. The average molecular weight is 359 g/mol. The molecule has 0 N–H and O–H groups in total. The van der Waals surface area contributed by atoms with E-state index >= 15 is 0 Å². The van der Waals surface area contributed by atoms with E-state index in [1.54, 1.807) is 22.5 Å². The number of unbranched alkanes of at least 4 members (excludes halogenated alkanes) is 1. The lowest BCUT2D eigenvalue weighted by atomic mass is 10.1. The predicted octanol–water partition coefficient (Wildman–Crippen LogP) is 4.31. The van der Waals surface area contributed by atoms with Crippen LogP contribution in [0.15, 0.2) is 47.4 Å². The van der Waals surface area contributed by atoms with Gasteiger partial charge in [-0.1, -0.05) is 31.5 Å². The molecule has 134 valence electrons. The summed E-state index contributed by atoms with van der Waals surface area (Å²) in [5.41, 5.74) is 2.71. The smallest absolute Gasteiger partial charge is 0.264 e. The second-order valence-electron chi connectivity index (χ2n) is 6.61. The first-order valence-corrected chi connectivity index (χ1v) is 10.2. The van der Waals surface area contributed by atoms with Gasteiger partial charge in [-0.25, -0.2) is 8.42 Å². The molecule has 0 aliphatic carbocycles. The van der Waals surface area contributed by atoms with Crippen LogP contribution >= 0.6 is 0 Å². The Bertz CT molecular complexity index is 861. The number of hydrogen-bond acceptors (Lipinski definition) is 3. The van der Waals surface area contributed by atoms with Gasteiger partial charge in [0.15, 0.2) is 0 Å². The third-order valence-electron chi connectivity index (χ3n) is 4.60. The SMILES string of the molecule is CCCCOc1ccc(S(=O)(=O)N2c3ccccc3C[C@H]2C)cc1C. The van der Waals surface area contributed by atoms with E-state index in [1.165, 1.54) is 0 Å². The van der Waals surface area contributed by atoms with Crippen LogP contribution in [0, 0.1) is 6.92 Å². The first-order chi connectivity index (χ1) is 11.9. The van der Waals surface area contributed by atoms with Crippen molar-refractivity contribution in [3.63, 3.8) is 0 Å². The summed E-state index contributed by atoms with van der Waals surface area (Å²) in [4.78, 5) is 0.316. The molecule has 2 aromatic carbocycles. The van der Waals surface area contributed by atoms with Gasteiger partial charge in [0.2, 0.25) is 0 Å². The maximum Gasteiger partial charge on any atom is 0.264 e. The summed E-state index contributed by atoms with van der Waals surface area (Å²) in [6.45, 7) is 6.61. The zero-order valence-electron chi connectivity index (χ0n) is 15.0.